The fourth-order valence-corrected chi connectivity index (χ4v) is 0.947. The Balaban J connectivity index is 3.29. The topological polar surface area (TPSA) is 29.1 Å². The molecule has 0 saturated heterocycles. The summed E-state index contributed by atoms with van der Waals surface area (Å²) in [5.41, 5.74) is 0. The highest BCUT2D eigenvalue weighted by molar-refractivity contribution is 5.53. The van der Waals surface area contributed by atoms with Crippen LogP contribution in [0.4, 0.5) is 0 Å². The average molecular weight is 143 g/mol. The van der Waals surface area contributed by atoms with Crippen LogP contribution in [0.15, 0.2) is 0 Å². The van der Waals surface area contributed by atoms with E-state index in [1.807, 2.05) is 7.05 Å². The fraction of sp³-hybridized carbons (Fsp3) is 0.875. The molecule has 0 aromatic carbocycles. The molecule has 0 aromatic rings. The van der Waals surface area contributed by atoms with Gasteiger partial charge in [0.05, 0.1) is 0 Å². The third-order valence-corrected chi connectivity index (χ3v) is 1.59. The first-order valence-corrected chi connectivity index (χ1v) is 3.95. The van der Waals surface area contributed by atoms with E-state index in [1.165, 1.54) is 6.42 Å². The summed E-state index contributed by atoms with van der Waals surface area (Å²) in [7, 11) is 1.88. The lowest BCUT2D eigenvalue weighted by atomic mass is 10.0. The second kappa shape index (κ2) is 6.75. The molecule has 0 bridgehead atoms. The third kappa shape index (κ3) is 4.50. The summed E-state index contributed by atoms with van der Waals surface area (Å²) in [5, 5.41) is 3.00. The molecule has 1 atom stereocenters. The minimum atomic E-state index is 0.227. The van der Waals surface area contributed by atoms with Gasteiger partial charge in [0.2, 0.25) is 0 Å². The van der Waals surface area contributed by atoms with E-state index in [9.17, 15) is 4.79 Å². The minimum Gasteiger partial charge on any atom is -0.319 e. The maximum absolute atomic E-state index is 10.4. The zero-order valence-electron chi connectivity index (χ0n) is 6.89. The zero-order chi connectivity index (χ0) is 7.82. The van der Waals surface area contributed by atoms with Crippen LogP contribution in [0.2, 0.25) is 0 Å². The molecule has 0 radical (unpaired) electrons. The van der Waals surface area contributed by atoms with Crippen molar-refractivity contribution in [2.75, 3.05) is 13.6 Å². The van der Waals surface area contributed by atoms with Gasteiger partial charge in [0.25, 0.3) is 0 Å². The monoisotopic (exact) mass is 143 g/mol. The second-order valence-corrected chi connectivity index (χ2v) is 2.60. The van der Waals surface area contributed by atoms with E-state index < -0.39 is 0 Å². The summed E-state index contributed by atoms with van der Waals surface area (Å²) in [6.07, 6.45) is 4.41. The molecule has 0 heterocycles. The highest BCUT2D eigenvalue weighted by Gasteiger charge is 2.03. The zero-order valence-corrected chi connectivity index (χ0v) is 6.89. The molecular formula is C8H17NO. The van der Waals surface area contributed by atoms with Crippen molar-refractivity contribution in [2.24, 2.45) is 5.92 Å². The molecule has 2 nitrogen and oxygen atoms in total. The molecule has 2 heteroatoms. The SMILES string of the molecule is CCCCC(C=O)CNC. The molecule has 0 saturated carbocycles. The van der Waals surface area contributed by atoms with Crippen molar-refractivity contribution < 1.29 is 4.79 Å². The molecular weight excluding hydrogens is 126 g/mol. The van der Waals surface area contributed by atoms with Crippen molar-refractivity contribution in [3.8, 4) is 0 Å². The van der Waals surface area contributed by atoms with Crippen LogP contribution in [0, 0.1) is 5.92 Å². The molecule has 10 heavy (non-hydrogen) atoms. The van der Waals surface area contributed by atoms with Crippen LogP contribution in [-0.2, 0) is 4.79 Å². The average Bonchev–Trinajstić information content (AvgIpc) is 1.98. The third-order valence-electron chi connectivity index (χ3n) is 1.59. The van der Waals surface area contributed by atoms with Gasteiger partial charge < -0.3 is 10.1 Å². The number of rotatable bonds is 6. The van der Waals surface area contributed by atoms with Gasteiger partial charge in [-0.25, -0.2) is 0 Å². The van der Waals surface area contributed by atoms with Gasteiger partial charge in [-0.15, -0.1) is 0 Å². The lowest BCUT2D eigenvalue weighted by Crippen LogP contribution is -2.19. The van der Waals surface area contributed by atoms with Crippen molar-refractivity contribution in [1.29, 1.82) is 0 Å². The van der Waals surface area contributed by atoms with Gasteiger partial charge in [-0.1, -0.05) is 19.8 Å². The Morgan fingerprint density at radius 1 is 1.60 bits per heavy atom. The lowest BCUT2D eigenvalue weighted by molar-refractivity contribution is -0.111. The van der Waals surface area contributed by atoms with E-state index in [0.717, 1.165) is 25.7 Å². The first-order chi connectivity index (χ1) is 4.85. The molecule has 0 spiro atoms. The van der Waals surface area contributed by atoms with Crippen LogP contribution in [-0.4, -0.2) is 19.9 Å². The van der Waals surface area contributed by atoms with E-state index in [0.29, 0.717) is 0 Å². The van der Waals surface area contributed by atoms with E-state index in [1.54, 1.807) is 0 Å². The first-order valence-electron chi connectivity index (χ1n) is 3.95. The summed E-state index contributed by atoms with van der Waals surface area (Å²) in [6.45, 7) is 2.96. The number of unbranched alkanes of at least 4 members (excludes halogenated alkanes) is 1. The first kappa shape index (κ1) is 9.63. The summed E-state index contributed by atoms with van der Waals surface area (Å²) < 4.78 is 0. The van der Waals surface area contributed by atoms with Crippen molar-refractivity contribution >= 4 is 6.29 Å². The Labute approximate surface area is 63.0 Å². The van der Waals surface area contributed by atoms with Crippen LogP contribution in [0.1, 0.15) is 26.2 Å². The van der Waals surface area contributed by atoms with Gasteiger partial charge in [0.15, 0.2) is 0 Å². The molecule has 0 aromatic heterocycles. The Hall–Kier alpha value is -0.370. The number of aldehydes is 1. The van der Waals surface area contributed by atoms with Crippen LogP contribution in [0.5, 0.6) is 0 Å². The quantitative estimate of drug-likeness (QED) is 0.566. The van der Waals surface area contributed by atoms with E-state index in [4.69, 9.17) is 0 Å². The highest BCUT2D eigenvalue weighted by atomic mass is 16.1. The minimum absolute atomic E-state index is 0.227. The largest absolute Gasteiger partial charge is 0.319 e. The van der Waals surface area contributed by atoms with E-state index >= 15 is 0 Å². The molecule has 0 rings (SSSR count). The van der Waals surface area contributed by atoms with Crippen molar-refractivity contribution in [2.45, 2.75) is 26.2 Å². The van der Waals surface area contributed by atoms with Gasteiger partial charge in [0, 0.05) is 12.5 Å². The molecule has 0 fully saturated rings. The number of hydrogen-bond acceptors (Lipinski definition) is 2. The van der Waals surface area contributed by atoms with Gasteiger partial charge in [-0.2, -0.15) is 0 Å². The van der Waals surface area contributed by atoms with Crippen LogP contribution < -0.4 is 5.32 Å². The molecule has 0 aliphatic rings. The van der Waals surface area contributed by atoms with Crippen LogP contribution in [0.25, 0.3) is 0 Å². The van der Waals surface area contributed by atoms with Gasteiger partial charge in [-0.3, -0.25) is 0 Å². The Bertz CT molecular complexity index is 83.3. The maximum atomic E-state index is 10.4. The Kier molecular flexibility index (Phi) is 6.50. The standard InChI is InChI=1S/C8H17NO/c1-3-4-5-8(7-10)6-9-2/h7-9H,3-6H2,1-2H3. The maximum Gasteiger partial charge on any atom is 0.124 e. The Morgan fingerprint density at radius 3 is 2.70 bits per heavy atom. The number of carbonyl (C=O) groups excluding carboxylic acids is 1. The summed E-state index contributed by atoms with van der Waals surface area (Å²) in [6, 6.07) is 0. The normalized spacial score (nSPS) is 13.0. The predicted molar refractivity (Wildman–Crippen MR) is 43.0 cm³/mol. The van der Waals surface area contributed by atoms with Crippen molar-refractivity contribution in [3.05, 3.63) is 0 Å². The highest BCUT2D eigenvalue weighted by Crippen LogP contribution is 2.03. The van der Waals surface area contributed by atoms with E-state index in [2.05, 4.69) is 12.2 Å². The molecule has 0 aliphatic heterocycles. The number of nitrogens with one attached hydrogen (secondary N) is 1. The molecule has 1 N–H and O–H groups in total. The molecule has 0 aliphatic carbocycles. The Morgan fingerprint density at radius 2 is 2.30 bits per heavy atom. The van der Waals surface area contributed by atoms with Crippen LogP contribution >= 0.6 is 0 Å². The van der Waals surface area contributed by atoms with Gasteiger partial charge >= 0.3 is 0 Å². The summed E-state index contributed by atoms with van der Waals surface area (Å²) in [4.78, 5) is 10.4. The molecule has 60 valence electrons. The van der Waals surface area contributed by atoms with Gasteiger partial charge in [0.1, 0.15) is 6.29 Å². The fourth-order valence-electron chi connectivity index (χ4n) is 0.947. The van der Waals surface area contributed by atoms with Crippen molar-refractivity contribution in [1.82, 2.24) is 5.32 Å². The second-order valence-electron chi connectivity index (χ2n) is 2.60. The van der Waals surface area contributed by atoms with E-state index in [-0.39, 0.29) is 5.92 Å². The summed E-state index contributed by atoms with van der Waals surface area (Å²) >= 11 is 0. The summed E-state index contributed by atoms with van der Waals surface area (Å²) in [5.74, 6) is 0.227. The van der Waals surface area contributed by atoms with Crippen LogP contribution in [0.3, 0.4) is 0 Å². The molecule has 0 amide bonds. The smallest absolute Gasteiger partial charge is 0.124 e. The lowest BCUT2D eigenvalue weighted by Gasteiger charge is -2.06. The number of hydrogen-bond donors (Lipinski definition) is 1. The van der Waals surface area contributed by atoms with Crippen molar-refractivity contribution in [3.63, 3.8) is 0 Å². The van der Waals surface area contributed by atoms with Gasteiger partial charge in [-0.05, 0) is 13.5 Å². The molecule has 1 unspecified atom stereocenters. The predicted octanol–water partition coefficient (Wildman–Crippen LogP) is 1.21. The number of carbonyl (C=O) groups is 1.